The summed E-state index contributed by atoms with van der Waals surface area (Å²) >= 11 is 0. The highest BCUT2D eigenvalue weighted by Gasteiger charge is 2.39. The highest BCUT2D eigenvalue weighted by molar-refractivity contribution is 5.21. The molecule has 0 spiro atoms. The van der Waals surface area contributed by atoms with E-state index in [2.05, 4.69) is 4.98 Å². The van der Waals surface area contributed by atoms with Crippen LogP contribution in [0.5, 0.6) is 5.88 Å². The Bertz CT molecular complexity index is 541. The molecule has 0 radical (unpaired) electrons. The van der Waals surface area contributed by atoms with Crippen molar-refractivity contribution in [1.29, 1.82) is 0 Å². The van der Waals surface area contributed by atoms with E-state index < -0.39 is 12.3 Å². The van der Waals surface area contributed by atoms with Crippen LogP contribution in [0.25, 0.3) is 0 Å². The molecule has 1 unspecified atom stereocenters. The number of halogens is 3. The van der Waals surface area contributed by atoms with Crippen LogP contribution in [0.1, 0.15) is 17.2 Å². The van der Waals surface area contributed by atoms with Gasteiger partial charge >= 0.3 is 6.18 Å². The monoisotopic (exact) mass is 283 g/mol. The van der Waals surface area contributed by atoms with Gasteiger partial charge in [-0.1, -0.05) is 30.3 Å². The van der Waals surface area contributed by atoms with E-state index in [0.717, 1.165) is 17.8 Å². The Hall–Kier alpha value is -2.08. The highest BCUT2D eigenvalue weighted by Crippen LogP contribution is 2.32. The minimum absolute atomic E-state index is 0.201. The second kappa shape index (κ2) is 5.92. The van der Waals surface area contributed by atoms with Gasteiger partial charge in [0.15, 0.2) is 6.10 Å². The third-order valence-electron chi connectivity index (χ3n) is 2.61. The van der Waals surface area contributed by atoms with Gasteiger partial charge in [-0.2, -0.15) is 13.2 Å². The van der Waals surface area contributed by atoms with Crippen molar-refractivity contribution in [3.8, 4) is 5.88 Å². The standard InChI is InChI=1S/C14H12F3NO2/c15-14(16,17)13(19)11-6-7-12(18-8-11)20-9-10-4-2-1-3-5-10/h1-8,13,19H,9H2. The Labute approximate surface area is 113 Å². The average molecular weight is 283 g/mol. The number of benzene rings is 1. The zero-order valence-electron chi connectivity index (χ0n) is 10.3. The summed E-state index contributed by atoms with van der Waals surface area (Å²) in [4.78, 5) is 3.75. The maximum Gasteiger partial charge on any atom is 0.418 e. The number of pyridine rings is 1. The van der Waals surface area contributed by atoms with Crippen molar-refractivity contribution in [1.82, 2.24) is 4.98 Å². The first-order chi connectivity index (χ1) is 9.47. The molecule has 1 heterocycles. The Kier molecular flexibility index (Phi) is 4.24. The number of hydrogen-bond donors (Lipinski definition) is 1. The lowest BCUT2D eigenvalue weighted by atomic mass is 10.1. The molecule has 2 rings (SSSR count). The van der Waals surface area contributed by atoms with Gasteiger partial charge in [0.2, 0.25) is 5.88 Å². The van der Waals surface area contributed by atoms with E-state index >= 15 is 0 Å². The molecule has 3 nitrogen and oxygen atoms in total. The van der Waals surface area contributed by atoms with Crippen LogP contribution in [0.3, 0.4) is 0 Å². The fourth-order valence-corrected chi connectivity index (χ4v) is 1.56. The van der Waals surface area contributed by atoms with Gasteiger partial charge in [-0.15, -0.1) is 0 Å². The molecule has 1 N–H and O–H groups in total. The number of rotatable bonds is 4. The molecule has 1 aromatic heterocycles. The van der Waals surface area contributed by atoms with Crippen LogP contribution in [0.4, 0.5) is 13.2 Å². The molecule has 0 saturated heterocycles. The molecule has 0 bridgehead atoms. The smallest absolute Gasteiger partial charge is 0.418 e. The summed E-state index contributed by atoms with van der Waals surface area (Å²) in [6.45, 7) is 0.273. The lowest BCUT2D eigenvalue weighted by Gasteiger charge is -2.14. The number of nitrogens with zero attached hydrogens (tertiary/aromatic N) is 1. The second-order valence-electron chi connectivity index (χ2n) is 4.15. The van der Waals surface area contributed by atoms with Crippen LogP contribution in [0.15, 0.2) is 48.7 Å². The topological polar surface area (TPSA) is 42.4 Å². The van der Waals surface area contributed by atoms with Crippen molar-refractivity contribution < 1.29 is 23.0 Å². The van der Waals surface area contributed by atoms with Crippen LogP contribution in [-0.4, -0.2) is 16.3 Å². The van der Waals surface area contributed by atoms with Crippen LogP contribution in [0.2, 0.25) is 0 Å². The fourth-order valence-electron chi connectivity index (χ4n) is 1.56. The molecule has 1 atom stereocenters. The van der Waals surface area contributed by atoms with E-state index in [-0.39, 0.29) is 18.1 Å². The minimum Gasteiger partial charge on any atom is -0.473 e. The Morgan fingerprint density at radius 3 is 2.35 bits per heavy atom. The van der Waals surface area contributed by atoms with Crippen molar-refractivity contribution in [2.75, 3.05) is 0 Å². The van der Waals surface area contributed by atoms with Crippen molar-refractivity contribution >= 4 is 0 Å². The number of hydrogen-bond acceptors (Lipinski definition) is 3. The van der Waals surface area contributed by atoms with Crippen LogP contribution >= 0.6 is 0 Å². The van der Waals surface area contributed by atoms with Gasteiger partial charge in [-0.05, 0) is 11.6 Å². The molecule has 20 heavy (non-hydrogen) atoms. The zero-order valence-corrected chi connectivity index (χ0v) is 10.3. The van der Waals surface area contributed by atoms with Crippen LogP contribution in [0, 0.1) is 0 Å². The Morgan fingerprint density at radius 1 is 1.10 bits per heavy atom. The van der Waals surface area contributed by atoms with Gasteiger partial charge in [0.05, 0.1) is 0 Å². The quantitative estimate of drug-likeness (QED) is 0.936. The summed E-state index contributed by atoms with van der Waals surface area (Å²) in [5, 5.41) is 9.05. The van der Waals surface area contributed by atoms with E-state index in [9.17, 15) is 13.2 Å². The summed E-state index contributed by atoms with van der Waals surface area (Å²) in [6, 6.07) is 11.8. The lowest BCUT2D eigenvalue weighted by molar-refractivity contribution is -0.206. The maximum absolute atomic E-state index is 12.3. The maximum atomic E-state index is 12.3. The van der Waals surface area contributed by atoms with Gasteiger partial charge in [0, 0.05) is 17.8 Å². The number of aliphatic hydroxyl groups is 1. The van der Waals surface area contributed by atoms with Crippen molar-refractivity contribution in [3.05, 3.63) is 59.8 Å². The van der Waals surface area contributed by atoms with Gasteiger partial charge < -0.3 is 9.84 Å². The summed E-state index contributed by atoms with van der Waals surface area (Å²) in [7, 11) is 0. The van der Waals surface area contributed by atoms with Gasteiger partial charge in [-0.3, -0.25) is 0 Å². The molecule has 0 amide bonds. The molecule has 0 saturated carbocycles. The first kappa shape index (κ1) is 14.3. The molecular formula is C14H12F3NO2. The molecular weight excluding hydrogens is 271 g/mol. The number of aliphatic hydroxyl groups excluding tert-OH is 1. The normalized spacial score (nSPS) is 13.0. The van der Waals surface area contributed by atoms with E-state index in [1.165, 1.54) is 6.07 Å². The molecule has 6 heteroatoms. The molecule has 0 aliphatic rings. The summed E-state index contributed by atoms with van der Waals surface area (Å²) in [6.07, 6.45) is -6.27. The number of ether oxygens (including phenoxy) is 1. The van der Waals surface area contributed by atoms with E-state index in [0.29, 0.717) is 0 Å². The van der Waals surface area contributed by atoms with Gasteiger partial charge in [0.1, 0.15) is 6.61 Å². The van der Waals surface area contributed by atoms with E-state index in [4.69, 9.17) is 9.84 Å². The molecule has 0 fully saturated rings. The van der Waals surface area contributed by atoms with Crippen molar-refractivity contribution in [2.24, 2.45) is 0 Å². The van der Waals surface area contributed by atoms with Crippen LogP contribution in [-0.2, 0) is 6.61 Å². The summed E-state index contributed by atoms with van der Waals surface area (Å²) in [5.74, 6) is 0.201. The van der Waals surface area contributed by atoms with Gasteiger partial charge in [-0.25, -0.2) is 4.98 Å². The van der Waals surface area contributed by atoms with Gasteiger partial charge in [0.25, 0.3) is 0 Å². The van der Waals surface area contributed by atoms with Crippen LogP contribution < -0.4 is 4.74 Å². The number of aromatic nitrogens is 1. The number of alkyl halides is 3. The highest BCUT2D eigenvalue weighted by atomic mass is 19.4. The van der Waals surface area contributed by atoms with E-state index in [1.807, 2.05) is 30.3 Å². The van der Waals surface area contributed by atoms with Crippen molar-refractivity contribution in [3.63, 3.8) is 0 Å². The van der Waals surface area contributed by atoms with E-state index in [1.54, 1.807) is 0 Å². The largest absolute Gasteiger partial charge is 0.473 e. The second-order valence-corrected chi connectivity index (χ2v) is 4.15. The Morgan fingerprint density at radius 2 is 1.80 bits per heavy atom. The zero-order chi connectivity index (χ0) is 14.6. The molecule has 106 valence electrons. The predicted octanol–water partition coefficient (Wildman–Crippen LogP) is 3.26. The molecule has 0 aliphatic heterocycles. The minimum atomic E-state index is -4.70. The first-order valence-corrected chi connectivity index (χ1v) is 5.84. The molecule has 1 aromatic carbocycles. The lowest BCUT2D eigenvalue weighted by Crippen LogP contribution is -2.20. The third-order valence-corrected chi connectivity index (χ3v) is 2.61. The first-order valence-electron chi connectivity index (χ1n) is 5.84. The van der Waals surface area contributed by atoms with Crippen molar-refractivity contribution in [2.45, 2.75) is 18.9 Å². The summed E-state index contributed by atoms with van der Waals surface area (Å²) < 4.78 is 42.2. The SMILES string of the molecule is OC(c1ccc(OCc2ccccc2)nc1)C(F)(F)F. The summed E-state index contributed by atoms with van der Waals surface area (Å²) in [5.41, 5.74) is 0.610. The average Bonchev–Trinajstić information content (AvgIpc) is 2.45. The fraction of sp³-hybridized carbons (Fsp3) is 0.214. The molecule has 2 aromatic rings. The Balaban J connectivity index is 1.98. The third kappa shape index (κ3) is 3.71. The molecule has 0 aliphatic carbocycles. The predicted molar refractivity (Wildman–Crippen MR) is 66.0 cm³/mol.